The lowest BCUT2D eigenvalue weighted by atomic mass is 10.2. The highest BCUT2D eigenvalue weighted by molar-refractivity contribution is 7.80. The van der Waals surface area contributed by atoms with Crippen molar-refractivity contribution in [3.05, 3.63) is 29.8 Å². The molecule has 1 rings (SSSR count). The molecule has 0 radical (unpaired) electrons. The molecule has 0 bridgehead atoms. The molecule has 0 saturated carbocycles. The molecule has 82 valence electrons. The van der Waals surface area contributed by atoms with Gasteiger partial charge in [-0.05, 0) is 24.3 Å². The van der Waals surface area contributed by atoms with Gasteiger partial charge in [0.2, 0.25) is 0 Å². The predicted octanol–water partition coefficient (Wildman–Crippen LogP) is 1.01. The number of thiocarbonyl (C=S) groups is 1. The fourth-order valence-electron chi connectivity index (χ4n) is 1.18. The van der Waals surface area contributed by atoms with Gasteiger partial charge in [0, 0.05) is 31.9 Å². The third-order valence-electron chi connectivity index (χ3n) is 2.04. The van der Waals surface area contributed by atoms with Crippen molar-refractivity contribution in [1.29, 1.82) is 0 Å². The van der Waals surface area contributed by atoms with Crippen LogP contribution in [0.15, 0.2) is 24.3 Å². The van der Waals surface area contributed by atoms with Crippen molar-refractivity contribution >= 4 is 22.9 Å². The summed E-state index contributed by atoms with van der Waals surface area (Å²) in [5.74, 6) is 0. The lowest BCUT2D eigenvalue weighted by Gasteiger charge is -2.13. The highest BCUT2D eigenvalue weighted by Gasteiger charge is 2.00. The molecule has 0 aliphatic carbocycles. The zero-order valence-corrected chi connectivity index (χ0v) is 9.84. The molecule has 0 amide bonds. The first-order chi connectivity index (χ1) is 7.15. The highest BCUT2D eigenvalue weighted by atomic mass is 32.1. The van der Waals surface area contributed by atoms with Crippen LogP contribution in [0, 0.1) is 0 Å². The first kappa shape index (κ1) is 11.9. The second-order valence-corrected chi connectivity index (χ2v) is 3.83. The van der Waals surface area contributed by atoms with E-state index in [9.17, 15) is 0 Å². The SMILES string of the molecule is CN(C)c1ccc(C(=S)NCCO)cc1. The molecule has 0 aromatic heterocycles. The van der Waals surface area contributed by atoms with Crippen LogP contribution in [0.5, 0.6) is 0 Å². The molecule has 1 aromatic carbocycles. The van der Waals surface area contributed by atoms with Crippen LogP contribution in [-0.4, -0.2) is 37.3 Å². The molecular formula is C11H16N2OS. The molecule has 0 unspecified atom stereocenters. The summed E-state index contributed by atoms with van der Waals surface area (Å²) in [6.45, 7) is 0.587. The largest absolute Gasteiger partial charge is 0.395 e. The fraction of sp³-hybridized carbons (Fsp3) is 0.364. The van der Waals surface area contributed by atoms with E-state index in [-0.39, 0.29) is 6.61 Å². The van der Waals surface area contributed by atoms with Gasteiger partial charge in [-0.15, -0.1) is 0 Å². The summed E-state index contributed by atoms with van der Waals surface area (Å²) in [7, 11) is 3.99. The van der Waals surface area contributed by atoms with Gasteiger partial charge < -0.3 is 15.3 Å². The Morgan fingerprint density at radius 2 is 1.93 bits per heavy atom. The highest BCUT2D eigenvalue weighted by Crippen LogP contribution is 2.12. The summed E-state index contributed by atoms with van der Waals surface area (Å²) >= 11 is 5.16. The number of rotatable bonds is 4. The van der Waals surface area contributed by atoms with Crippen LogP contribution < -0.4 is 10.2 Å². The lowest BCUT2D eigenvalue weighted by Crippen LogP contribution is -2.25. The zero-order valence-electron chi connectivity index (χ0n) is 9.03. The Bertz CT molecular complexity index is 322. The van der Waals surface area contributed by atoms with E-state index in [1.54, 1.807) is 0 Å². The van der Waals surface area contributed by atoms with E-state index >= 15 is 0 Å². The van der Waals surface area contributed by atoms with E-state index in [1.165, 1.54) is 0 Å². The van der Waals surface area contributed by atoms with E-state index in [0.29, 0.717) is 11.5 Å². The van der Waals surface area contributed by atoms with Crippen molar-refractivity contribution in [3.8, 4) is 0 Å². The number of nitrogens with one attached hydrogen (secondary N) is 1. The minimum Gasteiger partial charge on any atom is -0.395 e. The Balaban J connectivity index is 2.67. The van der Waals surface area contributed by atoms with Crippen molar-refractivity contribution in [3.63, 3.8) is 0 Å². The molecule has 0 saturated heterocycles. The molecular weight excluding hydrogens is 208 g/mol. The van der Waals surface area contributed by atoms with Gasteiger partial charge in [0.1, 0.15) is 4.99 Å². The van der Waals surface area contributed by atoms with E-state index in [0.717, 1.165) is 11.3 Å². The second kappa shape index (κ2) is 5.68. The summed E-state index contributed by atoms with van der Waals surface area (Å²) in [5, 5.41) is 11.6. The summed E-state index contributed by atoms with van der Waals surface area (Å²) in [5.41, 5.74) is 2.12. The summed E-state index contributed by atoms with van der Waals surface area (Å²) in [4.78, 5) is 2.71. The van der Waals surface area contributed by atoms with Crippen molar-refractivity contribution < 1.29 is 5.11 Å². The molecule has 0 atom stereocenters. The summed E-state index contributed by atoms with van der Waals surface area (Å²) in [6.07, 6.45) is 0. The molecule has 0 heterocycles. The summed E-state index contributed by atoms with van der Waals surface area (Å²) < 4.78 is 0. The molecule has 0 spiro atoms. The first-order valence-electron chi connectivity index (χ1n) is 4.81. The van der Waals surface area contributed by atoms with Crippen LogP contribution >= 0.6 is 12.2 Å². The molecule has 15 heavy (non-hydrogen) atoms. The van der Waals surface area contributed by atoms with E-state index in [1.807, 2.05) is 43.3 Å². The van der Waals surface area contributed by atoms with E-state index in [4.69, 9.17) is 17.3 Å². The fourth-order valence-corrected chi connectivity index (χ4v) is 1.42. The molecule has 1 aromatic rings. The Hall–Kier alpha value is -1.13. The third kappa shape index (κ3) is 3.49. The van der Waals surface area contributed by atoms with Gasteiger partial charge in [-0.1, -0.05) is 12.2 Å². The van der Waals surface area contributed by atoms with E-state index in [2.05, 4.69) is 5.32 Å². The Morgan fingerprint density at radius 3 is 2.40 bits per heavy atom. The average Bonchev–Trinajstić information content (AvgIpc) is 2.26. The number of aliphatic hydroxyl groups is 1. The predicted molar refractivity (Wildman–Crippen MR) is 67.6 cm³/mol. The van der Waals surface area contributed by atoms with Gasteiger partial charge >= 0.3 is 0 Å². The van der Waals surface area contributed by atoms with Gasteiger partial charge in [-0.25, -0.2) is 0 Å². The van der Waals surface area contributed by atoms with Crippen LogP contribution in [-0.2, 0) is 0 Å². The molecule has 0 aliphatic heterocycles. The van der Waals surface area contributed by atoms with Crippen LogP contribution in [0.25, 0.3) is 0 Å². The quantitative estimate of drug-likeness (QED) is 0.748. The van der Waals surface area contributed by atoms with Crippen molar-refractivity contribution in [2.45, 2.75) is 0 Å². The molecule has 2 N–H and O–H groups in total. The Kier molecular flexibility index (Phi) is 4.52. The van der Waals surface area contributed by atoms with Crippen molar-refractivity contribution in [2.75, 3.05) is 32.1 Å². The molecule has 4 heteroatoms. The normalized spacial score (nSPS) is 9.80. The number of anilines is 1. The van der Waals surface area contributed by atoms with Crippen LogP contribution in [0.1, 0.15) is 5.56 Å². The third-order valence-corrected chi connectivity index (χ3v) is 2.42. The summed E-state index contributed by atoms with van der Waals surface area (Å²) in [6, 6.07) is 7.98. The lowest BCUT2D eigenvalue weighted by molar-refractivity contribution is 0.301. The van der Waals surface area contributed by atoms with Gasteiger partial charge in [-0.2, -0.15) is 0 Å². The number of nitrogens with zero attached hydrogens (tertiary/aromatic N) is 1. The minimum atomic E-state index is 0.0932. The number of aliphatic hydroxyl groups excluding tert-OH is 1. The maximum absolute atomic E-state index is 8.65. The molecule has 3 nitrogen and oxygen atoms in total. The van der Waals surface area contributed by atoms with Gasteiger partial charge in [0.25, 0.3) is 0 Å². The van der Waals surface area contributed by atoms with Gasteiger partial charge in [0.15, 0.2) is 0 Å². The number of benzene rings is 1. The number of hydrogen-bond acceptors (Lipinski definition) is 3. The van der Waals surface area contributed by atoms with Crippen LogP contribution in [0.2, 0.25) is 0 Å². The minimum absolute atomic E-state index is 0.0932. The van der Waals surface area contributed by atoms with E-state index < -0.39 is 0 Å². The second-order valence-electron chi connectivity index (χ2n) is 3.42. The Morgan fingerprint density at radius 1 is 1.33 bits per heavy atom. The maximum Gasteiger partial charge on any atom is 0.106 e. The monoisotopic (exact) mass is 224 g/mol. The topological polar surface area (TPSA) is 35.5 Å². The van der Waals surface area contributed by atoms with Crippen molar-refractivity contribution in [1.82, 2.24) is 5.32 Å². The van der Waals surface area contributed by atoms with Crippen LogP contribution in [0.4, 0.5) is 5.69 Å². The maximum atomic E-state index is 8.65. The van der Waals surface area contributed by atoms with Crippen molar-refractivity contribution in [2.24, 2.45) is 0 Å². The Labute approximate surface area is 95.7 Å². The first-order valence-corrected chi connectivity index (χ1v) is 5.22. The van der Waals surface area contributed by atoms with Crippen LogP contribution in [0.3, 0.4) is 0 Å². The standard InChI is InChI=1S/C11H16N2OS/c1-13(2)10-5-3-9(4-6-10)11(15)12-7-8-14/h3-6,14H,7-8H2,1-2H3,(H,12,15). The zero-order chi connectivity index (χ0) is 11.3. The van der Waals surface area contributed by atoms with Gasteiger partial charge in [0.05, 0.1) is 6.61 Å². The molecule has 0 aliphatic rings. The molecule has 0 fully saturated rings. The smallest absolute Gasteiger partial charge is 0.106 e. The van der Waals surface area contributed by atoms with Gasteiger partial charge in [-0.3, -0.25) is 0 Å². The average molecular weight is 224 g/mol. The number of hydrogen-bond donors (Lipinski definition) is 2.